The normalized spacial score (nSPS) is 9.58. The number of hydrogen-bond donors (Lipinski definition) is 1. The second kappa shape index (κ2) is 9.23. The molecule has 130 valence electrons. The van der Waals surface area contributed by atoms with Crippen molar-refractivity contribution < 1.29 is 0 Å². The molecule has 1 heterocycles. The second-order valence-corrected chi connectivity index (χ2v) is 5.47. The summed E-state index contributed by atoms with van der Waals surface area (Å²) < 4.78 is 0. The lowest BCUT2D eigenvalue weighted by Crippen LogP contribution is -2.33. The number of nitrogens with zero attached hydrogens (tertiary/aromatic N) is 10. The van der Waals surface area contributed by atoms with Crippen molar-refractivity contribution in [2.75, 3.05) is 41.3 Å². The van der Waals surface area contributed by atoms with E-state index in [1.54, 1.807) is 13.8 Å². The van der Waals surface area contributed by atoms with E-state index in [0.717, 1.165) is 0 Å². The second-order valence-electron chi connectivity index (χ2n) is 5.47. The molecule has 0 atom stereocenters. The zero-order chi connectivity index (χ0) is 19.6. The van der Waals surface area contributed by atoms with Crippen LogP contribution in [0.4, 0.5) is 17.8 Å². The monoisotopic (exact) mass is 349 g/mol. The standard InChI is InChI=1S/C15H15N11/c1-15(2,11-20)24-12-21-13(25(7-3-16)8-4-17)23-14(22-12)26(9-5-18)10-6-19/h7-10H2,1-2H3,(H,21,22,23,24). The first-order chi connectivity index (χ1) is 12.4. The zero-order valence-corrected chi connectivity index (χ0v) is 14.3. The van der Waals surface area contributed by atoms with Crippen LogP contribution in [0.5, 0.6) is 0 Å². The van der Waals surface area contributed by atoms with Gasteiger partial charge in [0.05, 0.1) is 30.3 Å². The predicted molar refractivity (Wildman–Crippen MR) is 90.0 cm³/mol. The summed E-state index contributed by atoms with van der Waals surface area (Å²) in [7, 11) is 0. The van der Waals surface area contributed by atoms with Gasteiger partial charge in [0.15, 0.2) is 0 Å². The minimum absolute atomic E-state index is 0.0234. The predicted octanol–water partition coefficient (Wildman–Crippen LogP) is 0.293. The smallest absolute Gasteiger partial charge is 0.233 e. The molecule has 1 rings (SSSR count). The molecule has 0 aliphatic carbocycles. The number of hydrogen-bond acceptors (Lipinski definition) is 11. The lowest BCUT2D eigenvalue weighted by atomic mass is 10.1. The van der Waals surface area contributed by atoms with Crippen LogP contribution in [0, 0.1) is 56.7 Å². The van der Waals surface area contributed by atoms with E-state index in [-0.39, 0.29) is 44.0 Å². The number of aromatic nitrogens is 3. The molecule has 1 aromatic rings. The van der Waals surface area contributed by atoms with Crippen LogP contribution < -0.4 is 15.1 Å². The third-order valence-electron chi connectivity index (χ3n) is 2.93. The van der Waals surface area contributed by atoms with E-state index in [1.807, 2.05) is 30.3 Å². The first-order valence-corrected chi connectivity index (χ1v) is 7.34. The Labute approximate surface area is 151 Å². The van der Waals surface area contributed by atoms with E-state index in [4.69, 9.17) is 21.0 Å². The average molecular weight is 349 g/mol. The van der Waals surface area contributed by atoms with Crippen LogP contribution in [-0.4, -0.2) is 46.7 Å². The molecular weight excluding hydrogens is 334 g/mol. The van der Waals surface area contributed by atoms with E-state index in [0.29, 0.717) is 0 Å². The maximum absolute atomic E-state index is 9.17. The van der Waals surface area contributed by atoms with Gasteiger partial charge in [-0.2, -0.15) is 41.3 Å². The van der Waals surface area contributed by atoms with Crippen molar-refractivity contribution in [3.8, 4) is 30.3 Å². The van der Waals surface area contributed by atoms with Gasteiger partial charge < -0.3 is 15.1 Å². The van der Waals surface area contributed by atoms with Gasteiger partial charge in [0.2, 0.25) is 17.8 Å². The van der Waals surface area contributed by atoms with Gasteiger partial charge in [-0.15, -0.1) is 0 Å². The van der Waals surface area contributed by atoms with Crippen molar-refractivity contribution in [2.45, 2.75) is 19.4 Å². The Morgan fingerprint density at radius 2 is 1.15 bits per heavy atom. The molecular formula is C15H15N11. The SMILES string of the molecule is CC(C)(C#N)Nc1nc(N(CC#N)CC#N)nc(N(CC#N)CC#N)n1. The van der Waals surface area contributed by atoms with Gasteiger partial charge in [0, 0.05) is 0 Å². The summed E-state index contributed by atoms with van der Waals surface area (Å²) in [5, 5.41) is 47.7. The average Bonchev–Trinajstić information content (AvgIpc) is 2.60. The lowest BCUT2D eigenvalue weighted by Gasteiger charge is -2.23. The summed E-state index contributed by atoms with van der Waals surface area (Å²) in [4.78, 5) is 15.1. The number of nitrogens with one attached hydrogen (secondary N) is 1. The zero-order valence-electron chi connectivity index (χ0n) is 14.3. The molecule has 0 spiro atoms. The van der Waals surface area contributed by atoms with Crippen molar-refractivity contribution in [1.82, 2.24) is 15.0 Å². The molecule has 0 aromatic carbocycles. The van der Waals surface area contributed by atoms with Crippen LogP contribution >= 0.6 is 0 Å². The highest BCUT2D eigenvalue weighted by atomic mass is 15.4. The molecule has 26 heavy (non-hydrogen) atoms. The van der Waals surface area contributed by atoms with Crippen LogP contribution in [0.2, 0.25) is 0 Å². The van der Waals surface area contributed by atoms with Crippen molar-refractivity contribution in [3.05, 3.63) is 0 Å². The quantitative estimate of drug-likeness (QED) is 0.638. The maximum Gasteiger partial charge on any atom is 0.233 e. The first-order valence-electron chi connectivity index (χ1n) is 7.34. The van der Waals surface area contributed by atoms with Crippen LogP contribution in [0.1, 0.15) is 13.8 Å². The Kier molecular flexibility index (Phi) is 7.06. The number of rotatable bonds is 8. The highest BCUT2D eigenvalue weighted by Crippen LogP contribution is 2.19. The molecule has 0 unspecified atom stereocenters. The fourth-order valence-electron chi connectivity index (χ4n) is 1.74. The molecule has 0 aliphatic heterocycles. The van der Waals surface area contributed by atoms with Crippen LogP contribution in [0.3, 0.4) is 0 Å². The molecule has 1 aromatic heterocycles. The third-order valence-corrected chi connectivity index (χ3v) is 2.93. The summed E-state index contributed by atoms with van der Waals surface area (Å²) in [5.74, 6) is 0.0729. The molecule has 0 amide bonds. The largest absolute Gasteiger partial charge is 0.336 e. The summed E-state index contributed by atoms with van der Waals surface area (Å²) in [5.41, 5.74) is -1.000. The van der Waals surface area contributed by atoms with Crippen LogP contribution in [0.25, 0.3) is 0 Å². The fraction of sp³-hybridized carbons (Fsp3) is 0.467. The Morgan fingerprint density at radius 3 is 1.46 bits per heavy atom. The molecule has 11 nitrogen and oxygen atoms in total. The molecule has 0 saturated heterocycles. The Bertz CT molecular complexity index is 755. The van der Waals surface area contributed by atoms with Crippen LogP contribution in [0.15, 0.2) is 0 Å². The maximum atomic E-state index is 9.17. The van der Waals surface area contributed by atoms with Gasteiger partial charge in [0.25, 0.3) is 0 Å². The molecule has 1 N–H and O–H groups in total. The van der Waals surface area contributed by atoms with Gasteiger partial charge in [-0.05, 0) is 13.8 Å². The highest BCUT2D eigenvalue weighted by molar-refractivity contribution is 5.48. The van der Waals surface area contributed by atoms with Gasteiger partial charge in [-0.3, -0.25) is 0 Å². The van der Waals surface area contributed by atoms with E-state index >= 15 is 0 Å². The molecule has 0 aliphatic rings. The third kappa shape index (κ3) is 5.49. The van der Waals surface area contributed by atoms with Gasteiger partial charge in [0.1, 0.15) is 31.7 Å². The molecule has 11 heteroatoms. The molecule has 0 bridgehead atoms. The van der Waals surface area contributed by atoms with E-state index in [9.17, 15) is 5.26 Å². The fourth-order valence-corrected chi connectivity index (χ4v) is 1.74. The van der Waals surface area contributed by atoms with E-state index < -0.39 is 5.54 Å². The molecule has 0 radical (unpaired) electrons. The van der Waals surface area contributed by atoms with Gasteiger partial charge in [-0.1, -0.05) is 0 Å². The van der Waals surface area contributed by atoms with E-state index in [2.05, 4.69) is 20.3 Å². The molecule has 0 saturated carbocycles. The summed E-state index contributed by atoms with van der Waals surface area (Å²) >= 11 is 0. The van der Waals surface area contributed by atoms with Gasteiger partial charge >= 0.3 is 0 Å². The summed E-state index contributed by atoms with van der Waals surface area (Å²) in [6.45, 7) is 2.65. The summed E-state index contributed by atoms with van der Waals surface area (Å²) in [6, 6.07) is 9.69. The Balaban J connectivity index is 3.46. The Hall–Kier alpha value is -4.14. The lowest BCUT2D eigenvalue weighted by molar-refractivity contribution is 0.711. The molecule has 0 fully saturated rings. The number of anilines is 3. The minimum atomic E-state index is -1.000. The Morgan fingerprint density at radius 1 is 0.769 bits per heavy atom. The minimum Gasteiger partial charge on any atom is -0.336 e. The first kappa shape index (κ1) is 19.9. The number of nitriles is 5. The van der Waals surface area contributed by atoms with Crippen molar-refractivity contribution in [3.63, 3.8) is 0 Å². The summed E-state index contributed by atoms with van der Waals surface area (Å²) in [6.07, 6.45) is 0. The van der Waals surface area contributed by atoms with Crippen molar-refractivity contribution in [1.29, 1.82) is 26.3 Å². The highest BCUT2D eigenvalue weighted by Gasteiger charge is 2.22. The van der Waals surface area contributed by atoms with Crippen LogP contribution in [-0.2, 0) is 0 Å². The van der Waals surface area contributed by atoms with Gasteiger partial charge in [-0.25, -0.2) is 0 Å². The van der Waals surface area contributed by atoms with Crippen molar-refractivity contribution in [2.24, 2.45) is 0 Å². The van der Waals surface area contributed by atoms with Crippen molar-refractivity contribution >= 4 is 17.8 Å². The topological polar surface area (TPSA) is 176 Å². The van der Waals surface area contributed by atoms with E-state index in [1.165, 1.54) is 9.80 Å².